The monoisotopic (exact) mass is 552 g/mol. The first-order valence-electron chi connectivity index (χ1n) is 13.2. The van der Waals surface area contributed by atoms with E-state index in [1.165, 1.54) is 18.7 Å². The highest BCUT2D eigenvalue weighted by atomic mass is 19.4. The summed E-state index contributed by atoms with van der Waals surface area (Å²) < 4.78 is 37.3. The quantitative estimate of drug-likeness (QED) is 0.427. The van der Waals surface area contributed by atoms with Crippen molar-refractivity contribution in [3.05, 3.63) is 35.9 Å². The number of unbranched alkanes of at least 4 members (excludes halogenated alkanes) is 2. The van der Waals surface area contributed by atoms with Crippen molar-refractivity contribution in [2.24, 2.45) is 0 Å². The minimum atomic E-state index is -4.88. The molecule has 0 spiro atoms. The van der Waals surface area contributed by atoms with Gasteiger partial charge in [-0.25, -0.2) is 0 Å². The molecule has 0 aromatic heterocycles. The maximum Gasteiger partial charge on any atom is 0.449 e. The molecule has 0 bridgehead atoms. The molecule has 2 saturated heterocycles. The number of nitrogens with one attached hydrogen (secondary N) is 3. The Hall–Kier alpha value is -3.44. The van der Waals surface area contributed by atoms with Crippen LogP contribution in [0.15, 0.2) is 30.3 Å². The molecule has 9 nitrogen and oxygen atoms in total. The maximum atomic E-state index is 13.6. The van der Waals surface area contributed by atoms with Gasteiger partial charge in [-0.05, 0) is 45.1 Å². The number of carbonyl (C=O) groups excluding carboxylic acids is 5. The molecule has 12 heteroatoms. The summed E-state index contributed by atoms with van der Waals surface area (Å²) in [5.41, 5.74) is -0.611. The molecule has 3 N–H and O–H groups in total. The van der Waals surface area contributed by atoms with Crippen LogP contribution < -0.4 is 16.0 Å². The van der Waals surface area contributed by atoms with Gasteiger partial charge in [0.1, 0.15) is 23.7 Å². The largest absolute Gasteiger partial charge is 0.449 e. The molecule has 1 aromatic rings. The number of hydrogen-bond donors (Lipinski definition) is 3. The number of alkyl halides is 3. The number of Topliss-reactive ketones (excluding diaryl/α,β-unsaturated/α-hetero) is 1. The Bertz CT molecular complexity index is 1080. The molecule has 0 aliphatic carbocycles. The number of carbonyl (C=O) groups is 5. The minimum Gasteiger partial charge on any atom is -0.343 e. The van der Waals surface area contributed by atoms with E-state index >= 15 is 0 Å². The van der Waals surface area contributed by atoms with Crippen LogP contribution in [0.4, 0.5) is 13.2 Å². The molecule has 2 aliphatic heterocycles. The zero-order chi connectivity index (χ0) is 28.8. The Morgan fingerprint density at radius 1 is 0.974 bits per heavy atom. The third kappa shape index (κ3) is 8.03. The van der Waals surface area contributed by atoms with Gasteiger partial charge in [-0.1, -0.05) is 43.2 Å². The van der Waals surface area contributed by atoms with E-state index in [9.17, 15) is 37.1 Å². The van der Waals surface area contributed by atoms with E-state index in [0.717, 1.165) is 5.56 Å². The number of nitrogens with zero attached hydrogens (tertiary/aromatic N) is 1. The molecule has 1 aromatic carbocycles. The average Bonchev–Trinajstić information content (AvgIpc) is 3.36. The van der Waals surface area contributed by atoms with Crippen molar-refractivity contribution in [1.82, 2.24) is 20.9 Å². The highest BCUT2D eigenvalue weighted by Gasteiger charge is 2.42. The number of benzene rings is 1. The lowest BCUT2D eigenvalue weighted by Gasteiger charge is -2.34. The van der Waals surface area contributed by atoms with Crippen LogP contribution in [0, 0.1) is 0 Å². The second-order valence-corrected chi connectivity index (χ2v) is 10.6. The number of hydrogen-bond acceptors (Lipinski definition) is 5. The fraction of sp³-hybridized carbons (Fsp3) is 0.593. The molecule has 214 valence electrons. The molecule has 2 aliphatic rings. The predicted octanol–water partition coefficient (Wildman–Crippen LogP) is 2.18. The minimum absolute atomic E-state index is 0.0117. The first kappa shape index (κ1) is 30.1. The highest BCUT2D eigenvalue weighted by molar-refractivity contribution is 5.99. The van der Waals surface area contributed by atoms with Crippen molar-refractivity contribution in [2.45, 2.75) is 95.1 Å². The smallest absolute Gasteiger partial charge is 0.343 e. The summed E-state index contributed by atoms with van der Waals surface area (Å²) in [5, 5.41) is 8.10. The summed E-state index contributed by atoms with van der Waals surface area (Å²) >= 11 is 0. The van der Waals surface area contributed by atoms with Crippen LogP contribution in [0.3, 0.4) is 0 Å². The van der Waals surface area contributed by atoms with Gasteiger partial charge in [0.2, 0.25) is 29.4 Å². The summed E-state index contributed by atoms with van der Waals surface area (Å²) in [5.74, 6) is -3.89. The molecule has 3 atom stereocenters. The van der Waals surface area contributed by atoms with Gasteiger partial charge in [0.15, 0.2) is 0 Å². The van der Waals surface area contributed by atoms with Gasteiger partial charge in [-0.2, -0.15) is 13.2 Å². The number of halogens is 3. The SMILES string of the molecule is CC1(C)NC(=O)[C@H](CCCCCC(=O)C(F)(F)F)NC(=O)[C@@H]2CCCN2C(=O)[C@H](Cc2ccccc2)NC1=O. The summed E-state index contributed by atoms with van der Waals surface area (Å²) in [6, 6.07) is 6.31. The standard InChI is InChI=1S/C27H35F3N4O5/c1-26(2)25(39)32-19(16-17-10-5-3-6-11-17)24(38)34-15-9-13-20(34)23(37)31-18(22(36)33-26)12-7-4-8-14-21(35)27(28,29)30/h3,5-6,10-11,18-20H,4,7-9,12-16H2,1-2H3,(H,31,37)(H,32,39)(H,33,36)/t18-,19-,20-/m0/s1. The normalized spacial score (nSPS) is 24.1. The highest BCUT2D eigenvalue weighted by Crippen LogP contribution is 2.22. The summed E-state index contributed by atoms with van der Waals surface area (Å²) in [6.45, 7) is 3.29. The molecule has 2 fully saturated rings. The maximum absolute atomic E-state index is 13.6. The van der Waals surface area contributed by atoms with Crippen molar-refractivity contribution in [2.75, 3.05) is 6.54 Å². The second-order valence-electron chi connectivity index (χ2n) is 10.6. The van der Waals surface area contributed by atoms with Crippen molar-refractivity contribution in [1.29, 1.82) is 0 Å². The van der Waals surface area contributed by atoms with Gasteiger partial charge in [-0.15, -0.1) is 0 Å². The first-order chi connectivity index (χ1) is 18.3. The Kier molecular flexibility index (Phi) is 9.73. The van der Waals surface area contributed by atoms with E-state index < -0.39 is 65.7 Å². The number of rotatable bonds is 8. The lowest BCUT2D eigenvalue weighted by Crippen LogP contribution is -2.64. The fourth-order valence-electron chi connectivity index (χ4n) is 4.83. The van der Waals surface area contributed by atoms with E-state index in [-0.39, 0.29) is 32.1 Å². The molecule has 0 radical (unpaired) electrons. The average molecular weight is 553 g/mol. The Labute approximate surface area is 225 Å². The van der Waals surface area contributed by atoms with Gasteiger partial charge >= 0.3 is 6.18 Å². The summed E-state index contributed by atoms with van der Waals surface area (Å²) in [4.78, 5) is 65.8. The Morgan fingerprint density at radius 3 is 2.33 bits per heavy atom. The van der Waals surface area contributed by atoms with Gasteiger partial charge in [0.25, 0.3) is 0 Å². The molecule has 3 rings (SSSR count). The van der Waals surface area contributed by atoms with E-state index in [4.69, 9.17) is 0 Å². The van der Waals surface area contributed by atoms with E-state index in [1.54, 1.807) is 0 Å². The van der Waals surface area contributed by atoms with Crippen LogP contribution in [-0.4, -0.2) is 70.7 Å². The van der Waals surface area contributed by atoms with Crippen LogP contribution in [0.1, 0.15) is 64.4 Å². The molecule has 4 amide bonds. The number of fused-ring (bicyclic) bond motifs is 1. The van der Waals surface area contributed by atoms with Crippen LogP contribution in [0.25, 0.3) is 0 Å². The lowest BCUT2D eigenvalue weighted by atomic mass is 9.98. The second kappa shape index (κ2) is 12.6. The van der Waals surface area contributed by atoms with E-state index in [2.05, 4.69) is 16.0 Å². The van der Waals surface area contributed by atoms with Gasteiger partial charge in [-0.3, -0.25) is 24.0 Å². The molecule has 0 unspecified atom stereocenters. The molecule has 2 heterocycles. The zero-order valence-corrected chi connectivity index (χ0v) is 22.1. The van der Waals surface area contributed by atoms with Crippen LogP contribution in [0.2, 0.25) is 0 Å². The summed E-state index contributed by atoms with van der Waals surface area (Å²) in [6.07, 6.45) is -3.77. The van der Waals surface area contributed by atoms with Crippen molar-refractivity contribution in [3.8, 4) is 0 Å². The van der Waals surface area contributed by atoms with Crippen LogP contribution in [-0.2, 0) is 30.4 Å². The van der Waals surface area contributed by atoms with E-state index in [1.807, 2.05) is 30.3 Å². The van der Waals surface area contributed by atoms with Crippen molar-refractivity contribution >= 4 is 29.4 Å². The number of ketones is 1. The third-order valence-corrected chi connectivity index (χ3v) is 7.07. The van der Waals surface area contributed by atoms with Crippen molar-refractivity contribution < 1.29 is 37.1 Å². The van der Waals surface area contributed by atoms with Crippen molar-refractivity contribution in [3.63, 3.8) is 0 Å². The molecule has 39 heavy (non-hydrogen) atoms. The third-order valence-electron chi connectivity index (χ3n) is 7.07. The van der Waals surface area contributed by atoms with Gasteiger partial charge in [0, 0.05) is 19.4 Å². The van der Waals surface area contributed by atoms with E-state index in [0.29, 0.717) is 19.4 Å². The van der Waals surface area contributed by atoms with Gasteiger partial charge < -0.3 is 20.9 Å². The molecular weight excluding hydrogens is 517 g/mol. The predicted molar refractivity (Wildman–Crippen MR) is 135 cm³/mol. The number of amides is 4. The van der Waals surface area contributed by atoms with Crippen LogP contribution >= 0.6 is 0 Å². The molecular formula is C27H35F3N4O5. The fourth-order valence-corrected chi connectivity index (χ4v) is 4.83. The summed E-state index contributed by atoms with van der Waals surface area (Å²) in [7, 11) is 0. The molecule has 0 saturated carbocycles. The van der Waals surface area contributed by atoms with Gasteiger partial charge in [0.05, 0.1) is 0 Å². The lowest BCUT2D eigenvalue weighted by molar-refractivity contribution is -0.171. The zero-order valence-electron chi connectivity index (χ0n) is 22.1. The Balaban J connectivity index is 1.76. The first-order valence-corrected chi connectivity index (χ1v) is 13.2. The topological polar surface area (TPSA) is 125 Å². The van der Waals surface area contributed by atoms with Crippen LogP contribution in [0.5, 0.6) is 0 Å². The Morgan fingerprint density at radius 2 is 1.67 bits per heavy atom.